The topological polar surface area (TPSA) is 71.0 Å². The van der Waals surface area contributed by atoms with E-state index in [1.165, 1.54) is 0 Å². The molecule has 2 aliphatic rings. The number of nitrogens with zero attached hydrogens (tertiary/aromatic N) is 1. The van der Waals surface area contributed by atoms with E-state index < -0.39 is 11.6 Å². The highest BCUT2D eigenvalue weighted by molar-refractivity contribution is 5.67. The number of fused-ring (bicyclic) bond motifs is 1. The summed E-state index contributed by atoms with van der Waals surface area (Å²) in [5.41, 5.74) is 0.408. The monoisotopic (exact) mass is 320 g/mol. The summed E-state index contributed by atoms with van der Waals surface area (Å²) in [5, 5.41) is 12.7. The molecule has 2 fully saturated rings. The fourth-order valence-electron chi connectivity index (χ4n) is 3.46. The van der Waals surface area contributed by atoms with Crippen LogP contribution in [-0.2, 0) is 16.1 Å². The Balaban J connectivity index is 1.52. The maximum atomic E-state index is 11.9. The molecule has 6 nitrogen and oxygen atoms in total. The van der Waals surface area contributed by atoms with Crippen LogP contribution in [0.1, 0.15) is 18.4 Å². The molecule has 2 aliphatic heterocycles. The molecule has 0 saturated carbocycles. The third-order valence-corrected chi connectivity index (χ3v) is 4.74. The number of carbonyl (C=O) groups is 1. The molecule has 1 amide bonds. The van der Waals surface area contributed by atoms with Crippen molar-refractivity contribution in [3.63, 3.8) is 0 Å². The quantitative estimate of drug-likeness (QED) is 0.851. The molecule has 1 aromatic rings. The van der Waals surface area contributed by atoms with Gasteiger partial charge in [0.25, 0.3) is 0 Å². The van der Waals surface area contributed by atoms with E-state index in [4.69, 9.17) is 9.47 Å². The zero-order valence-corrected chi connectivity index (χ0v) is 13.2. The molecular formula is C17H24N2O4. The van der Waals surface area contributed by atoms with E-state index in [2.05, 4.69) is 10.2 Å². The van der Waals surface area contributed by atoms with E-state index >= 15 is 0 Å². The van der Waals surface area contributed by atoms with Crippen molar-refractivity contribution in [1.82, 2.24) is 10.2 Å². The summed E-state index contributed by atoms with van der Waals surface area (Å²) in [6.45, 7) is 2.60. The molecule has 2 atom stereocenters. The standard InChI is InChI=1S/C17H24N2O4/c20-12-17(13-22-10-15-7-4-8-19(15)17)11-18-16(21)23-9-14-5-2-1-3-6-14/h1-3,5-6,15,20H,4,7-13H2,(H,18,21)/t15-,17+/m1/s1. The van der Waals surface area contributed by atoms with Crippen LogP contribution in [0.5, 0.6) is 0 Å². The summed E-state index contributed by atoms with van der Waals surface area (Å²) >= 11 is 0. The van der Waals surface area contributed by atoms with Crippen LogP contribution < -0.4 is 5.32 Å². The van der Waals surface area contributed by atoms with Crippen LogP contribution in [0.2, 0.25) is 0 Å². The fraction of sp³-hybridized carbons (Fsp3) is 0.588. The van der Waals surface area contributed by atoms with E-state index in [0.717, 1.165) is 24.9 Å². The van der Waals surface area contributed by atoms with Crippen molar-refractivity contribution in [3.05, 3.63) is 35.9 Å². The summed E-state index contributed by atoms with van der Waals surface area (Å²) in [6.07, 6.45) is 1.72. The molecule has 0 aliphatic carbocycles. The molecule has 0 unspecified atom stereocenters. The lowest BCUT2D eigenvalue weighted by molar-refractivity contribution is -0.106. The Labute approximate surface area is 136 Å². The van der Waals surface area contributed by atoms with Gasteiger partial charge in [-0.25, -0.2) is 4.79 Å². The Kier molecular flexibility index (Phi) is 5.15. The van der Waals surface area contributed by atoms with Crippen LogP contribution in [0.3, 0.4) is 0 Å². The van der Waals surface area contributed by atoms with Crippen molar-refractivity contribution < 1.29 is 19.4 Å². The number of hydrogen-bond acceptors (Lipinski definition) is 5. The second-order valence-electron chi connectivity index (χ2n) is 6.30. The van der Waals surface area contributed by atoms with Gasteiger partial charge in [0.1, 0.15) is 6.61 Å². The van der Waals surface area contributed by atoms with Gasteiger partial charge >= 0.3 is 6.09 Å². The average molecular weight is 320 g/mol. The normalized spacial score (nSPS) is 27.4. The summed E-state index contributed by atoms with van der Waals surface area (Å²) in [6, 6.07) is 9.90. The first-order valence-corrected chi connectivity index (χ1v) is 8.13. The number of carbonyl (C=O) groups excluding carboxylic acids is 1. The van der Waals surface area contributed by atoms with Crippen LogP contribution >= 0.6 is 0 Å². The Hall–Kier alpha value is -1.63. The number of aliphatic hydroxyl groups excluding tert-OH is 1. The van der Waals surface area contributed by atoms with Gasteiger partial charge in [0, 0.05) is 12.6 Å². The highest BCUT2D eigenvalue weighted by atomic mass is 16.5. The van der Waals surface area contributed by atoms with Gasteiger partial charge in [-0.15, -0.1) is 0 Å². The molecule has 3 rings (SSSR count). The Morgan fingerprint density at radius 3 is 3.04 bits per heavy atom. The fourth-order valence-corrected chi connectivity index (χ4v) is 3.46. The number of benzene rings is 1. The number of morpholine rings is 1. The second kappa shape index (κ2) is 7.29. The van der Waals surface area contributed by atoms with Gasteiger partial charge in [-0.3, -0.25) is 4.90 Å². The lowest BCUT2D eigenvalue weighted by atomic mass is 9.96. The predicted molar refractivity (Wildman–Crippen MR) is 85.0 cm³/mol. The zero-order valence-electron chi connectivity index (χ0n) is 13.2. The highest BCUT2D eigenvalue weighted by Crippen LogP contribution is 2.31. The van der Waals surface area contributed by atoms with Crippen molar-refractivity contribution in [3.8, 4) is 0 Å². The minimum absolute atomic E-state index is 0.0392. The molecule has 2 saturated heterocycles. The summed E-state index contributed by atoms with van der Waals surface area (Å²) in [5.74, 6) is 0. The summed E-state index contributed by atoms with van der Waals surface area (Å²) in [4.78, 5) is 14.2. The van der Waals surface area contributed by atoms with Crippen LogP contribution in [-0.4, -0.2) is 60.6 Å². The van der Waals surface area contributed by atoms with Crippen LogP contribution in [0, 0.1) is 0 Å². The largest absolute Gasteiger partial charge is 0.445 e. The third kappa shape index (κ3) is 3.65. The molecule has 2 N–H and O–H groups in total. The van der Waals surface area contributed by atoms with Crippen molar-refractivity contribution in [1.29, 1.82) is 0 Å². The van der Waals surface area contributed by atoms with E-state index in [1.54, 1.807) is 0 Å². The maximum Gasteiger partial charge on any atom is 0.407 e. The van der Waals surface area contributed by atoms with Crippen molar-refractivity contribution >= 4 is 6.09 Å². The van der Waals surface area contributed by atoms with Gasteiger partial charge in [-0.05, 0) is 24.9 Å². The highest BCUT2D eigenvalue weighted by Gasteiger charge is 2.46. The smallest absolute Gasteiger partial charge is 0.407 e. The number of ether oxygens (including phenoxy) is 2. The first-order chi connectivity index (χ1) is 11.2. The number of amides is 1. The molecule has 1 aromatic carbocycles. The second-order valence-corrected chi connectivity index (χ2v) is 6.30. The lowest BCUT2D eigenvalue weighted by Crippen LogP contribution is -2.65. The van der Waals surface area contributed by atoms with E-state index in [9.17, 15) is 9.90 Å². The Morgan fingerprint density at radius 1 is 1.43 bits per heavy atom. The molecule has 23 heavy (non-hydrogen) atoms. The number of hydrogen-bond donors (Lipinski definition) is 2. The Morgan fingerprint density at radius 2 is 2.26 bits per heavy atom. The van der Waals surface area contributed by atoms with Crippen LogP contribution in [0.25, 0.3) is 0 Å². The SMILES string of the molecule is O=C(NC[C@]1(CO)COC[C@H]2CCCN21)OCc1ccccc1. The van der Waals surface area contributed by atoms with Gasteiger partial charge in [-0.2, -0.15) is 0 Å². The van der Waals surface area contributed by atoms with Gasteiger partial charge in [0.15, 0.2) is 0 Å². The number of nitrogens with one attached hydrogen (secondary N) is 1. The molecule has 0 aromatic heterocycles. The predicted octanol–water partition coefficient (Wildman–Crippen LogP) is 1.14. The van der Waals surface area contributed by atoms with E-state index in [-0.39, 0.29) is 13.2 Å². The summed E-state index contributed by atoms with van der Waals surface area (Å²) < 4.78 is 10.9. The molecule has 0 spiro atoms. The van der Waals surface area contributed by atoms with Gasteiger partial charge in [-0.1, -0.05) is 30.3 Å². The third-order valence-electron chi connectivity index (χ3n) is 4.74. The maximum absolute atomic E-state index is 11.9. The van der Waals surface area contributed by atoms with Crippen LogP contribution in [0.4, 0.5) is 4.79 Å². The van der Waals surface area contributed by atoms with Crippen molar-refractivity contribution in [2.75, 3.05) is 32.9 Å². The first-order valence-electron chi connectivity index (χ1n) is 8.13. The van der Waals surface area contributed by atoms with E-state index in [1.807, 2.05) is 30.3 Å². The van der Waals surface area contributed by atoms with Gasteiger partial charge in [0.2, 0.25) is 0 Å². The molecule has 6 heteroatoms. The zero-order chi connectivity index (χ0) is 16.1. The molecule has 0 radical (unpaired) electrons. The molecule has 2 heterocycles. The lowest BCUT2D eigenvalue weighted by Gasteiger charge is -2.47. The molecular weight excluding hydrogens is 296 g/mol. The average Bonchev–Trinajstić information content (AvgIpc) is 3.09. The van der Waals surface area contributed by atoms with Gasteiger partial charge < -0.3 is 19.9 Å². The number of rotatable bonds is 5. The minimum Gasteiger partial charge on any atom is -0.445 e. The molecule has 0 bridgehead atoms. The molecule has 126 valence electrons. The minimum atomic E-state index is -0.537. The Bertz CT molecular complexity index is 525. The number of aliphatic hydroxyl groups is 1. The van der Waals surface area contributed by atoms with Crippen molar-refractivity contribution in [2.24, 2.45) is 0 Å². The summed E-state index contributed by atoms with van der Waals surface area (Å²) in [7, 11) is 0. The van der Waals surface area contributed by atoms with E-state index in [0.29, 0.717) is 25.8 Å². The number of alkyl carbamates (subject to hydrolysis) is 1. The first kappa shape index (κ1) is 16.2. The van der Waals surface area contributed by atoms with Crippen molar-refractivity contribution in [2.45, 2.75) is 31.0 Å². The van der Waals surface area contributed by atoms with Gasteiger partial charge in [0.05, 0.1) is 25.4 Å². The van der Waals surface area contributed by atoms with Crippen LogP contribution in [0.15, 0.2) is 30.3 Å².